The van der Waals surface area contributed by atoms with Crippen LogP contribution in [0.5, 0.6) is 0 Å². The first-order valence-electron chi connectivity index (χ1n) is 6.85. The summed E-state index contributed by atoms with van der Waals surface area (Å²) < 4.78 is 27.5. The number of rotatable bonds is 5. The smallest absolute Gasteiger partial charge is 0.275 e. The molecule has 0 atom stereocenters. The van der Waals surface area contributed by atoms with Crippen molar-refractivity contribution in [3.63, 3.8) is 0 Å². The van der Waals surface area contributed by atoms with Gasteiger partial charge in [-0.3, -0.25) is 10.1 Å². The van der Waals surface area contributed by atoms with E-state index in [0.29, 0.717) is 6.54 Å². The number of halogens is 2. The van der Waals surface area contributed by atoms with E-state index < -0.39 is 22.2 Å². The molecule has 0 radical (unpaired) electrons. The lowest BCUT2D eigenvalue weighted by molar-refractivity contribution is -0.385. The molecule has 0 saturated heterocycles. The van der Waals surface area contributed by atoms with Crippen molar-refractivity contribution in [2.75, 3.05) is 11.9 Å². The van der Waals surface area contributed by atoms with Crippen LogP contribution in [-0.2, 0) is 0 Å². The van der Waals surface area contributed by atoms with Gasteiger partial charge >= 0.3 is 0 Å². The lowest BCUT2D eigenvalue weighted by atomic mass is 9.83. The Balaban J connectivity index is 2.15. The Hall–Kier alpha value is -1.72. The number of nitro groups is 1. The fourth-order valence-corrected chi connectivity index (χ4v) is 2.89. The number of hydrogen-bond donors (Lipinski definition) is 1. The fraction of sp³-hybridized carbons (Fsp3) is 0.571. The molecule has 0 amide bonds. The van der Waals surface area contributed by atoms with Gasteiger partial charge in [0.1, 0.15) is 5.69 Å². The van der Waals surface area contributed by atoms with E-state index in [1.54, 1.807) is 0 Å². The Labute approximate surface area is 116 Å². The molecular weight excluding hydrogens is 266 g/mol. The summed E-state index contributed by atoms with van der Waals surface area (Å²) in [6, 6.07) is 1.50. The van der Waals surface area contributed by atoms with Crippen LogP contribution in [-0.4, -0.2) is 11.5 Å². The number of non-ortho nitro benzene ring substituents is 1. The molecule has 2 rings (SSSR count). The third-order valence-corrected chi connectivity index (χ3v) is 4.29. The van der Waals surface area contributed by atoms with E-state index >= 15 is 0 Å². The molecule has 1 aromatic rings. The van der Waals surface area contributed by atoms with Crippen LogP contribution in [0.2, 0.25) is 0 Å². The molecule has 0 bridgehead atoms. The zero-order valence-corrected chi connectivity index (χ0v) is 11.4. The molecule has 0 unspecified atom stereocenters. The van der Waals surface area contributed by atoms with E-state index in [4.69, 9.17) is 0 Å². The average Bonchev–Trinajstić information content (AvgIpc) is 2.87. The summed E-state index contributed by atoms with van der Waals surface area (Å²) in [5.41, 5.74) is -0.757. The van der Waals surface area contributed by atoms with Crippen molar-refractivity contribution in [3.05, 3.63) is 33.9 Å². The van der Waals surface area contributed by atoms with Crippen LogP contribution in [0.15, 0.2) is 12.1 Å². The topological polar surface area (TPSA) is 55.2 Å². The van der Waals surface area contributed by atoms with Gasteiger partial charge in [-0.05, 0) is 24.7 Å². The molecule has 110 valence electrons. The molecule has 1 N–H and O–H groups in total. The Kier molecular flexibility index (Phi) is 4.20. The second-order valence-corrected chi connectivity index (χ2v) is 5.46. The first-order chi connectivity index (χ1) is 9.47. The Morgan fingerprint density at radius 1 is 1.30 bits per heavy atom. The zero-order valence-electron chi connectivity index (χ0n) is 11.4. The monoisotopic (exact) mass is 284 g/mol. The van der Waals surface area contributed by atoms with Gasteiger partial charge in [0.15, 0.2) is 11.6 Å². The number of benzene rings is 1. The molecule has 0 aliphatic heterocycles. The molecule has 1 saturated carbocycles. The van der Waals surface area contributed by atoms with Gasteiger partial charge in [0.25, 0.3) is 5.69 Å². The highest BCUT2D eigenvalue weighted by molar-refractivity contribution is 5.51. The summed E-state index contributed by atoms with van der Waals surface area (Å²) in [5.74, 6) is -1.83. The molecule has 1 fully saturated rings. The van der Waals surface area contributed by atoms with E-state index in [-0.39, 0.29) is 11.1 Å². The normalized spacial score (nSPS) is 17.1. The van der Waals surface area contributed by atoms with Gasteiger partial charge in [0.05, 0.1) is 17.1 Å². The van der Waals surface area contributed by atoms with Gasteiger partial charge in [-0.25, -0.2) is 8.78 Å². The van der Waals surface area contributed by atoms with Crippen molar-refractivity contribution in [1.82, 2.24) is 0 Å². The van der Waals surface area contributed by atoms with Crippen LogP contribution in [0.3, 0.4) is 0 Å². The molecule has 1 aliphatic rings. The second kappa shape index (κ2) is 5.73. The molecule has 1 aromatic carbocycles. The van der Waals surface area contributed by atoms with Gasteiger partial charge in [-0.15, -0.1) is 0 Å². The third-order valence-electron chi connectivity index (χ3n) is 4.29. The maximum absolute atomic E-state index is 13.8. The number of nitrogens with zero attached hydrogens (tertiary/aromatic N) is 1. The van der Waals surface area contributed by atoms with E-state index in [2.05, 4.69) is 12.2 Å². The molecule has 6 heteroatoms. The molecule has 0 heterocycles. The highest BCUT2D eigenvalue weighted by Crippen LogP contribution is 2.41. The van der Waals surface area contributed by atoms with Crippen molar-refractivity contribution in [2.24, 2.45) is 5.41 Å². The van der Waals surface area contributed by atoms with Crippen molar-refractivity contribution < 1.29 is 13.7 Å². The fourth-order valence-electron chi connectivity index (χ4n) is 2.89. The quantitative estimate of drug-likeness (QED) is 0.649. The average molecular weight is 284 g/mol. The van der Waals surface area contributed by atoms with Crippen molar-refractivity contribution >= 4 is 11.4 Å². The highest BCUT2D eigenvalue weighted by atomic mass is 19.1. The largest absolute Gasteiger partial charge is 0.380 e. The van der Waals surface area contributed by atoms with E-state index in [9.17, 15) is 18.9 Å². The Morgan fingerprint density at radius 2 is 1.85 bits per heavy atom. The van der Waals surface area contributed by atoms with E-state index in [0.717, 1.165) is 44.2 Å². The molecule has 4 nitrogen and oxygen atoms in total. The van der Waals surface area contributed by atoms with Crippen molar-refractivity contribution in [2.45, 2.75) is 39.0 Å². The van der Waals surface area contributed by atoms with E-state index in [1.807, 2.05) is 0 Å². The molecular formula is C14H18F2N2O2. The number of nitro benzene ring substituents is 1. The SMILES string of the molecule is CCC1(CNc2c(F)cc([N+](=O)[O-])cc2F)CCCC1. The van der Waals surface area contributed by atoms with Crippen LogP contribution >= 0.6 is 0 Å². The highest BCUT2D eigenvalue weighted by Gasteiger charge is 2.32. The summed E-state index contributed by atoms with van der Waals surface area (Å²) in [7, 11) is 0. The minimum absolute atomic E-state index is 0.0840. The Morgan fingerprint density at radius 3 is 2.30 bits per heavy atom. The van der Waals surface area contributed by atoms with Crippen LogP contribution in [0.1, 0.15) is 39.0 Å². The van der Waals surface area contributed by atoms with Crippen LogP contribution in [0.4, 0.5) is 20.2 Å². The maximum atomic E-state index is 13.8. The lowest BCUT2D eigenvalue weighted by Gasteiger charge is -2.28. The summed E-state index contributed by atoms with van der Waals surface area (Å²) in [6.45, 7) is 2.57. The van der Waals surface area contributed by atoms with Crippen LogP contribution < -0.4 is 5.32 Å². The van der Waals surface area contributed by atoms with Gasteiger partial charge < -0.3 is 5.32 Å². The summed E-state index contributed by atoms with van der Waals surface area (Å²) in [4.78, 5) is 9.73. The van der Waals surface area contributed by atoms with Crippen LogP contribution in [0, 0.1) is 27.2 Å². The first-order valence-corrected chi connectivity index (χ1v) is 6.85. The molecule has 20 heavy (non-hydrogen) atoms. The lowest BCUT2D eigenvalue weighted by Crippen LogP contribution is -2.26. The number of nitrogens with one attached hydrogen (secondary N) is 1. The summed E-state index contributed by atoms with van der Waals surface area (Å²) in [5, 5.41) is 13.3. The van der Waals surface area contributed by atoms with Crippen molar-refractivity contribution in [3.8, 4) is 0 Å². The molecule has 0 spiro atoms. The van der Waals surface area contributed by atoms with Gasteiger partial charge in [0, 0.05) is 6.54 Å². The molecule has 1 aliphatic carbocycles. The standard InChI is InChI=1S/C14H18F2N2O2/c1-2-14(5-3-4-6-14)9-17-13-11(15)7-10(18(19)20)8-12(13)16/h7-8,17H,2-6,9H2,1H3. The second-order valence-electron chi connectivity index (χ2n) is 5.46. The van der Waals surface area contributed by atoms with Gasteiger partial charge in [-0.2, -0.15) is 0 Å². The van der Waals surface area contributed by atoms with Gasteiger partial charge in [-0.1, -0.05) is 19.8 Å². The van der Waals surface area contributed by atoms with Gasteiger partial charge in [0.2, 0.25) is 0 Å². The predicted octanol–water partition coefficient (Wildman–Crippen LogP) is 4.26. The Bertz CT molecular complexity index is 491. The maximum Gasteiger partial charge on any atom is 0.275 e. The van der Waals surface area contributed by atoms with Crippen molar-refractivity contribution in [1.29, 1.82) is 0 Å². The number of hydrogen-bond acceptors (Lipinski definition) is 3. The minimum Gasteiger partial charge on any atom is -0.380 e. The number of anilines is 1. The molecule has 0 aromatic heterocycles. The van der Waals surface area contributed by atoms with E-state index in [1.165, 1.54) is 0 Å². The summed E-state index contributed by atoms with van der Waals surface area (Å²) in [6.07, 6.45) is 5.33. The third kappa shape index (κ3) is 2.89. The zero-order chi connectivity index (χ0) is 14.8. The minimum atomic E-state index is -0.916. The predicted molar refractivity (Wildman–Crippen MR) is 72.7 cm³/mol. The first kappa shape index (κ1) is 14.7. The van der Waals surface area contributed by atoms with Crippen LogP contribution in [0.25, 0.3) is 0 Å². The summed E-state index contributed by atoms with van der Waals surface area (Å²) >= 11 is 0.